The topological polar surface area (TPSA) is 57.2 Å². The van der Waals surface area contributed by atoms with Crippen molar-refractivity contribution in [3.63, 3.8) is 0 Å². The summed E-state index contributed by atoms with van der Waals surface area (Å²) in [5.74, 6) is -0.710. The standard InChI is InChI=1S/C15H26O5/c1-5-7-9-17-10(8-6-2)12-11(16)13-14(18-12)20-15(3,4)19-13/h6,10-14,16H,2,5,7-9H2,1,3-4H3/t10-,11+,12+,13-,14-/m1/s1. The van der Waals surface area contributed by atoms with Gasteiger partial charge in [0.2, 0.25) is 0 Å². The molecular weight excluding hydrogens is 260 g/mol. The minimum Gasteiger partial charge on any atom is -0.387 e. The quantitative estimate of drug-likeness (QED) is 0.573. The van der Waals surface area contributed by atoms with Crippen LogP contribution in [0.15, 0.2) is 12.7 Å². The molecule has 5 heteroatoms. The second kappa shape index (κ2) is 6.54. The van der Waals surface area contributed by atoms with Crippen LogP contribution in [0.4, 0.5) is 0 Å². The molecule has 2 rings (SSSR count). The van der Waals surface area contributed by atoms with Gasteiger partial charge in [0.25, 0.3) is 0 Å². The highest BCUT2D eigenvalue weighted by atomic mass is 16.8. The van der Waals surface area contributed by atoms with Crippen LogP contribution in [0.1, 0.15) is 40.0 Å². The van der Waals surface area contributed by atoms with Crippen molar-refractivity contribution in [3.05, 3.63) is 12.7 Å². The lowest BCUT2D eigenvalue weighted by Crippen LogP contribution is -2.42. The van der Waals surface area contributed by atoms with E-state index in [1.165, 1.54) is 0 Å². The number of ether oxygens (including phenoxy) is 4. The van der Waals surface area contributed by atoms with Crippen LogP contribution in [-0.2, 0) is 18.9 Å². The number of hydrogen-bond donors (Lipinski definition) is 1. The Kier molecular flexibility index (Phi) is 5.20. The highest BCUT2D eigenvalue weighted by Crippen LogP contribution is 2.39. The number of aliphatic hydroxyl groups is 1. The van der Waals surface area contributed by atoms with Crippen LogP contribution in [0.25, 0.3) is 0 Å². The smallest absolute Gasteiger partial charge is 0.190 e. The lowest BCUT2D eigenvalue weighted by molar-refractivity contribution is -0.228. The molecule has 0 aromatic heterocycles. The van der Waals surface area contributed by atoms with Crippen molar-refractivity contribution in [3.8, 4) is 0 Å². The largest absolute Gasteiger partial charge is 0.387 e. The minimum absolute atomic E-state index is 0.213. The van der Waals surface area contributed by atoms with Gasteiger partial charge in [0, 0.05) is 6.61 Å². The third kappa shape index (κ3) is 3.40. The highest BCUT2D eigenvalue weighted by Gasteiger charge is 2.56. The molecule has 5 nitrogen and oxygen atoms in total. The van der Waals surface area contributed by atoms with Crippen LogP contribution in [0.2, 0.25) is 0 Å². The fourth-order valence-electron chi connectivity index (χ4n) is 2.66. The normalized spacial score (nSPS) is 36.8. The van der Waals surface area contributed by atoms with E-state index in [-0.39, 0.29) is 6.10 Å². The van der Waals surface area contributed by atoms with Crippen molar-refractivity contribution < 1.29 is 24.1 Å². The third-order valence-electron chi connectivity index (χ3n) is 3.65. The molecular formula is C15H26O5. The van der Waals surface area contributed by atoms with Crippen molar-refractivity contribution in [1.82, 2.24) is 0 Å². The summed E-state index contributed by atoms with van der Waals surface area (Å²) in [4.78, 5) is 0. The molecule has 0 unspecified atom stereocenters. The van der Waals surface area contributed by atoms with Gasteiger partial charge in [0.15, 0.2) is 12.1 Å². The maximum atomic E-state index is 10.4. The first-order valence-electron chi connectivity index (χ1n) is 7.40. The van der Waals surface area contributed by atoms with Crippen molar-refractivity contribution in [1.29, 1.82) is 0 Å². The molecule has 1 N–H and O–H groups in total. The summed E-state index contributed by atoms with van der Waals surface area (Å²) in [6.07, 6.45) is 2.12. The first kappa shape index (κ1) is 15.9. The van der Waals surface area contributed by atoms with Gasteiger partial charge in [-0.1, -0.05) is 19.4 Å². The maximum Gasteiger partial charge on any atom is 0.190 e. The molecule has 116 valence electrons. The predicted molar refractivity (Wildman–Crippen MR) is 74.2 cm³/mol. The monoisotopic (exact) mass is 286 g/mol. The molecule has 2 saturated heterocycles. The lowest BCUT2D eigenvalue weighted by Gasteiger charge is -2.28. The summed E-state index contributed by atoms with van der Waals surface area (Å²) in [6.45, 7) is 10.1. The summed E-state index contributed by atoms with van der Waals surface area (Å²) >= 11 is 0. The zero-order valence-corrected chi connectivity index (χ0v) is 12.6. The summed E-state index contributed by atoms with van der Waals surface area (Å²) in [5.41, 5.74) is 0. The first-order chi connectivity index (χ1) is 9.48. The van der Waals surface area contributed by atoms with Crippen LogP contribution in [0.5, 0.6) is 0 Å². The zero-order chi connectivity index (χ0) is 14.8. The number of unbranched alkanes of at least 4 members (excludes halogenated alkanes) is 1. The van der Waals surface area contributed by atoms with Gasteiger partial charge in [0.1, 0.15) is 18.3 Å². The van der Waals surface area contributed by atoms with E-state index >= 15 is 0 Å². The van der Waals surface area contributed by atoms with Gasteiger partial charge in [-0.3, -0.25) is 0 Å². The summed E-state index contributed by atoms with van der Waals surface area (Å²) in [5, 5.41) is 10.4. The molecule has 5 atom stereocenters. The van der Waals surface area contributed by atoms with Gasteiger partial charge in [-0.05, 0) is 26.7 Å². The third-order valence-corrected chi connectivity index (χ3v) is 3.65. The summed E-state index contributed by atoms with van der Waals surface area (Å²) in [7, 11) is 0. The van der Waals surface area contributed by atoms with Crippen molar-refractivity contribution in [2.24, 2.45) is 0 Å². The molecule has 0 aliphatic carbocycles. The number of rotatable bonds is 7. The van der Waals surface area contributed by atoms with Crippen molar-refractivity contribution in [2.75, 3.05) is 6.61 Å². The molecule has 0 amide bonds. The average molecular weight is 286 g/mol. The van der Waals surface area contributed by atoms with E-state index in [0.29, 0.717) is 13.0 Å². The van der Waals surface area contributed by atoms with E-state index in [4.69, 9.17) is 18.9 Å². The molecule has 0 spiro atoms. The van der Waals surface area contributed by atoms with Crippen LogP contribution < -0.4 is 0 Å². The van der Waals surface area contributed by atoms with E-state index < -0.39 is 30.4 Å². The minimum atomic E-state index is -0.742. The number of aliphatic hydroxyl groups excluding tert-OH is 1. The molecule has 0 aromatic rings. The molecule has 2 heterocycles. The molecule has 2 fully saturated rings. The molecule has 0 saturated carbocycles. The van der Waals surface area contributed by atoms with Crippen LogP contribution >= 0.6 is 0 Å². The fourth-order valence-corrected chi connectivity index (χ4v) is 2.66. The molecule has 2 aliphatic heterocycles. The van der Waals surface area contributed by atoms with E-state index in [1.807, 2.05) is 13.8 Å². The lowest BCUT2D eigenvalue weighted by atomic mass is 10.0. The van der Waals surface area contributed by atoms with Gasteiger partial charge < -0.3 is 24.1 Å². The summed E-state index contributed by atoms with van der Waals surface area (Å²) < 4.78 is 23.0. The second-order valence-electron chi connectivity index (χ2n) is 5.85. The first-order valence-corrected chi connectivity index (χ1v) is 7.40. The maximum absolute atomic E-state index is 10.4. The van der Waals surface area contributed by atoms with E-state index in [1.54, 1.807) is 6.08 Å². The van der Waals surface area contributed by atoms with Gasteiger partial charge in [-0.25, -0.2) is 0 Å². The Labute approximate surface area is 120 Å². The number of hydrogen-bond acceptors (Lipinski definition) is 5. The average Bonchev–Trinajstić information content (AvgIpc) is 2.83. The molecule has 20 heavy (non-hydrogen) atoms. The van der Waals surface area contributed by atoms with Crippen molar-refractivity contribution in [2.45, 2.75) is 76.5 Å². The molecule has 0 radical (unpaired) electrons. The summed E-state index contributed by atoms with van der Waals surface area (Å²) in [6, 6.07) is 0. The van der Waals surface area contributed by atoms with Crippen LogP contribution in [-0.4, -0.2) is 48.2 Å². The molecule has 0 aromatic carbocycles. The number of fused-ring (bicyclic) bond motifs is 1. The Balaban J connectivity index is 1.96. The van der Waals surface area contributed by atoms with Gasteiger partial charge in [0.05, 0.1) is 6.10 Å². The van der Waals surface area contributed by atoms with Gasteiger partial charge in [-0.2, -0.15) is 0 Å². The highest BCUT2D eigenvalue weighted by molar-refractivity contribution is 4.97. The predicted octanol–water partition coefficient (Wildman–Crippen LogP) is 1.99. The Morgan fingerprint density at radius 3 is 2.75 bits per heavy atom. The second-order valence-corrected chi connectivity index (χ2v) is 5.85. The van der Waals surface area contributed by atoms with Crippen LogP contribution in [0.3, 0.4) is 0 Å². The van der Waals surface area contributed by atoms with E-state index in [2.05, 4.69) is 13.5 Å². The molecule has 2 aliphatic rings. The van der Waals surface area contributed by atoms with E-state index in [9.17, 15) is 5.11 Å². The molecule has 0 bridgehead atoms. The Morgan fingerprint density at radius 1 is 1.40 bits per heavy atom. The Morgan fingerprint density at radius 2 is 2.15 bits per heavy atom. The zero-order valence-electron chi connectivity index (χ0n) is 12.6. The van der Waals surface area contributed by atoms with Crippen molar-refractivity contribution >= 4 is 0 Å². The van der Waals surface area contributed by atoms with E-state index in [0.717, 1.165) is 12.8 Å². The van der Waals surface area contributed by atoms with Crippen LogP contribution in [0, 0.1) is 0 Å². The van der Waals surface area contributed by atoms with Gasteiger partial charge in [-0.15, -0.1) is 6.58 Å². The van der Waals surface area contributed by atoms with Gasteiger partial charge >= 0.3 is 0 Å². The Bertz CT molecular complexity index is 330. The Hall–Kier alpha value is -0.460. The fraction of sp³-hybridized carbons (Fsp3) is 0.867. The SMILES string of the molecule is C=CC[C@@H](OCCCC)[C@@H]1O[C@@H]2OC(C)(C)O[C@@H]2[C@H]1O.